The molecule has 0 radical (unpaired) electrons. The number of fused-ring (bicyclic) bond motifs is 2. The van der Waals surface area contributed by atoms with Gasteiger partial charge in [-0.25, -0.2) is 4.68 Å². The van der Waals surface area contributed by atoms with Crippen LogP contribution < -0.4 is 20.3 Å². The van der Waals surface area contributed by atoms with Crippen molar-refractivity contribution in [3.8, 4) is 11.5 Å². The zero-order valence-electron chi connectivity index (χ0n) is 20.4. The normalized spacial score (nSPS) is 16.6. The van der Waals surface area contributed by atoms with Crippen molar-refractivity contribution in [2.45, 2.75) is 25.4 Å². The zero-order chi connectivity index (χ0) is 24.2. The minimum Gasteiger partial charge on any atom is -0.493 e. The van der Waals surface area contributed by atoms with Gasteiger partial charge in [0.15, 0.2) is 11.5 Å². The van der Waals surface area contributed by atoms with Gasteiger partial charge < -0.3 is 14.8 Å². The first-order valence-electron chi connectivity index (χ1n) is 12.2. The van der Waals surface area contributed by atoms with Gasteiger partial charge in [0.05, 0.1) is 25.8 Å². The summed E-state index contributed by atoms with van der Waals surface area (Å²) in [7, 11) is 3.16. The van der Waals surface area contributed by atoms with Gasteiger partial charge in [0.1, 0.15) is 0 Å². The van der Waals surface area contributed by atoms with E-state index in [1.165, 1.54) is 16.3 Å². The van der Waals surface area contributed by atoms with Crippen LogP contribution in [0.25, 0.3) is 21.5 Å². The fraction of sp³-hybridized carbons (Fsp3) is 0.357. The van der Waals surface area contributed by atoms with E-state index in [4.69, 9.17) is 9.47 Å². The summed E-state index contributed by atoms with van der Waals surface area (Å²) < 4.78 is 12.3. The molecule has 2 heterocycles. The highest BCUT2D eigenvalue weighted by atomic mass is 16.5. The lowest BCUT2D eigenvalue weighted by molar-refractivity contribution is 0.159. The third kappa shape index (κ3) is 4.74. The van der Waals surface area contributed by atoms with E-state index in [0.29, 0.717) is 29.5 Å². The van der Waals surface area contributed by atoms with Crippen LogP contribution in [0.15, 0.2) is 65.6 Å². The van der Waals surface area contributed by atoms with Gasteiger partial charge in [-0.3, -0.25) is 9.69 Å². The topological polar surface area (TPSA) is 68.6 Å². The molecule has 1 saturated heterocycles. The molecule has 7 nitrogen and oxygen atoms in total. The van der Waals surface area contributed by atoms with Crippen molar-refractivity contribution in [1.29, 1.82) is 0 Å². The average Bonchev–Trinajstić information content (AvgIpc) is 2.91. The molecule has 0 bridgehead atoms. The number of rotatable bonds is 8. The quantitative estimate of drug-likeness (QED) is 0.391. The number of aromatic nitrogens is 2. The Hall–Kier alpha value is -3.42. The zero-order valence-corrected chi connectivity index (χ0v) is 20.4. The first-order chi connectivity index (χ1) is 17.2. The fourth-order valence-electron chi connectivity index (χ4n) is 5.11. The highest BCUT2D eigenvalue weighted by Crippen LogP contribution is 2.31. The third-order valence-corrected chi connectivity index (χ3v) is 6.96. The van der Waals surface area contributed by atoms with Gasteiger partial charge >= 0.3 is 0 Å². The van der Waals surface area contributed by atoms with E-state index in [9.17, 15) is 4.79 Å². The lowest BCUT2D eigenvalue weighted by Gasteiger charge is -2.37. The molecule has 35 heavy (non-hydrogen) atoms. The molecule has 1 aliphatic rings. The lowest BCUT2D eigenvalue weighted by Crippen LogP contribution is -2.46. The number of benzene rings is 3. The van der Waals surface area contributed by atoms with Crippen molar-refractivity contribution in [2.24, 2.45) is 0 Å². The molecule has 1 unspecified atom stereocenters. The largest absolute Gasteiger partial charge is 0.493 e. The first-order valence-corrected chi connectivity index (χ1v) is 12.2. The van der Waals surface area contributed by atoms with E-state index >= 15 is 0 Å². The van der Waals surface area contributed by atoms with E-state index in [1.807, 2.05) is 0 Å². The number of nitrogens with zero attached hydrogens (tertiary/aromatic N) is 3. The Morgan fingerprint density at radius 3 is 2.57 bits per heavy atom. The Labute approximate surface area is 205 Å². The third-order valence-electron chi connectivity index (χ3n) is 6.96. The highest BCUT2D eigenvalue weighted by Gasteiger charge is 2.24. The molecule has 182 valence electrons. The Balaban J connectivity index is 1.27. The molecule has 0 amide bonds. The van der Waals surface area contributed by atoms with Crippen molar-refractivity contribution in [3.63, 3.8) is 0 Å². The Kier molecular flexibility index (Phi) is 6.97. The van der Waals surface area contributed by atoms with Crippen LogP contribution in [0.4, 0.5) is 0 Å². The van der Waals surface area contributed by atoms with E-state index in [0.717, 1.165) is 44.4 Å². The minimum absolute atomic E-state index is 0.0979. The molecule has 0 saturated carbocycles. The molecule has 0 spiro atoms. The van der Waals surface area contributed by atoms with E-state index in [2.05, 4.69) is 57.8 Å². The van der Waals surface area contributed by atoms with Crippen LogP contribution in [0.2, 0.25) is 0 Å². The number of hydrogen-bond acceptors (Lipinski definition) is 6. The van der Waals surface area contributed by atoms with Crippen LogP contribution in [0, 0.1) is 0 Å². The molecule has 1 fully saturated rings. The van der Waals surface area contributed by atoms with Crippen molar-refractivity contribution in [2.75, 3.05) is 40.4 Å². The number of nitrogens with one attached hydrogen (secondary N) is 1. The van der Waals surface area contributed by atoms with Gasteiger partial charge in [-0.15, -0.1) is 0 Å². The smallest absolute Gasteiger partial charge is 0.274 e. The van der Waals surface area contributed by atoms with Gasteiger partial charge in [-0.2, -0.15) is 5.10 Å². The summed E-state index contributed by atoms with van der Waals surface area (Å²) in [6.07, 6.45) is 3.61. The van der Waals surface area contributed by atoms with Gasteiger partial charge in [-0.05, 0) is 47.9 Å². The number of ether oxygens (including phenoxy) is 2. The summed E-state index contributed by atoms with van der Waals surface area (Å²) in [4.78, 5) is 15.6. The molecule has 5 rings (SSSR count). The van der Waals surface area contributed by atoms with E-state index < -0.39 is 0 Å². The van der Waals surface area contributed by atoms with Crippen LogP contribution in [0.3, 0.4) is 0 Å². The Bertz CT molecular complexity index is 1380. The first kappa shape index (κ1) is 23.3. The summed E-state index contributed by atoms with van der Waals surface area (Å²) in [5.41, 5.74) is 1.28. The predicted molar refractivity (Wildman–Crippen MR) is 139 cm³/mol. The Morgan fingerprint density at radius 1 is 0.943 bits per heavy atom. The maximum Gasteiger partial charge on any atom is 0.274 e. The summed E-state index contributed by atoms with van der Waals surface area (Å²) in [5.74, 6) is 1.14. The summed E-state index contributed by atoms with van der Waals surface area (Å²) in [6, 6.07) is 19.1. The number of unbranched alkanes of at least 4 members (excludes halogenated alkanes) is 1. The van der Waals surface area contributed by atoms with Gasteiger partial charge in [0, 0.05) is 37.6 Å². The molecular formula is C28H32N4O3. The number of aryl methyl sites for hydroxylation is 1. The van der Waals surface area contributed by atoms with Crippen LogP contribution in [-0.2, 0) is 6.54 Å². The second-order valence-electron chi connectivity index (χ2n) is 9.00. The average molecular weight is 473 g/mol. The van der Waals surface area contributed by atoms with Crippen LogP contribution in [0.1, 0.15) is 24.4 Å². The van der Waals surface area contributed by atoms with Crippen LogP contribution >= 0.6 is 0 Å². The van der Waals surface area contributed by atoms with Crippen LogP contribution in [0.5, 0.6) is 11.5 Å². The van der Waals surface area contributed by atoms with Gasteiger partial charge in [-0.1, -0.05) is 42.5 Å². The van der Waals surface area contributed by atoms with E-state index in [1.54, 1.807) is 37.2 Å². The number of piperazine rings is 1. The highest BCUT2D eigenvalue weighted by molar-refractivity contribution is 5.86. The van der Waals surface area contributed by atoms with Crippen molar-refractivity contribution >= 4 is 21.5 Å². The molecule has 1 N–H and O–H groups in total. The molecule has 4 aromatic rings. The maximum atomic E-state index is 13.0. The second kappa shape index (κ2) is 10.5. The molecule has 3 aromatic carbocycles. The van der Waals surface area contributed by atoms with Crippen molar-refractivity contribution < 1.29 is 9.47 Å². The summed E-state index contributed by atoms with van der Waals surface area (Å²) in [5, 5.41) is 11.9. The van der Waals surface area contributed by atoms with E-state index in [-0.39, 0.29) is 5.56 Å². The summed E-state index contributed by atoms with van der Waals surface area (Å²) in [6.45, 7) is 4.55. The number of hydrogen-bond donors (Lipinski definition) is 1. The molecular weight excluding hydrogens is 440 g/mol. The lowest BCUT2D eigenvalue weighted by atomic mass is 9.96. The van der Waals surface area contributed by atoms with Crippen LogP contribution in [-0.4, -0.2) is 55.1 Å². The standard InChI is InChI=1S/C28H32N4O3/c1-34-26-16-21-18-30-32(28(33)24(21)17-27(26)35-2)14-6-5-13-31-15-12-29-19-25(31)23-11-7-9-20-8-3-4-10-22(20)23/h3-4,7-11,16-18,25,29H,5-6,12-15,19H2,1-2H3. The summed E-state index contributed by atoms with van der Waals surface area (Å²) >= 11 is 0. The Morgan fingerprint density at radius 2 is 1.71 bits per heavy atom. The monoisotopic (exact) mass is 472 g/mol. The molecule has 0 aliphatic carbocycles. The molecule has 1 atom stereocenters. The second-order valence-corrected chi connectivity index (χ2v) is 9.00. The number of methoxy groups -OCH3 is 2. The molecule has 1 aliphatic heterocycles. The predicted octanol–water partition coefficient (Wildman–Crippen LogP) is 3.99. The molecule has 1 aromatic heterocycles. The van der Waals surface area contributed by atoms with Gasteiger partial charge in [0.2, 0.25) is 0 Å². The molecule has 7 heteroatoms. The maximum absolute atomic E-state index is 13.0. The van der Waals surface area contributed by atoms with Gasteiger partial charge in [0.25, 0.3) is 5.56 Å². The van der Waals surface area contributed by atoms with Crippen molar-refractivity contribution in [1.82, 2.24) is 20.0 Å². The minimum atomic E-state index is -0.0979. The SMILES string of the molecule is COc1cc2cnn(CCCCN3CCNCC3c3cccc4ccccc34)c(=O)c2cc1OC. The fourth-order valence-corrected chi connectivity index (χ4v) is 5.11. The van der Waals surface area contributed by atoms with Crippen molar-refractivity contribution in [3.05, 3.63) is 76.7 Å².